The van der Waals surface area contributed by atoms with Gasteiger partial charge < -0.3 is 4.74 Å². The van der Waals surface area contributed by atoms with E-state index in [0.717, 1.165) is 5.75 Å². The second-order valence-corrected chi connectivity index (χ2v) is 4.79. The van der Waals surface area contributed by atoms with Gasteiger partial charge in [-0.3, -0.25) is 0 Å². The second kappa shape index (κ2) is 6.78. The summed E-state index contributed by atoms with van der Waals surface area (Å²) in [5.74, 6) is 0.941. The van der Waals surface area contributed by atoms with Gasteiger partial charge in [0.15, 0.2) is 0 Å². The van der Waals surface area contributed by atoms with Crippen molar-refractivity contribution in [2.75, 3.05) is 6.61 Å². The van der Waals surface area contributed by atoms with Gasteiger partial charge in [-0.05, 0) is 30.5 Å². The summed E-state index contributed by atoms with van der Waals surface area (Å²) in [6, 6.07) is 8.38. The van der Waals surface area contributed by atoms with Gasteiger partial charge in [-0.25, -0.2) is 0 Å². The Morgan fingerprint density at radius 3 is 2.47 bits per heavy atom. The summed E-state index contributed by atoms with van der Waals surface area (Å²) in [5, 5.41) is 0.282. The molecule has 0 radical (unpaired) electrons. The summed E-state index contributed by atoms with van der Waals surface area (Å²) < 4.78 is 5.55. The van der Waals surface area contributed by atoms with Crippen molar-refractivity contribution in [3.8, 4) is 5.75 Å². The van der Waals surface area contributed by atoms with Crippen molar-refractivity contribution < 1.29 is 4.74 Å². The van der Waals surface area contributed by atoms with Crippen molar-refractivity contribution >= 4 is 12.6 Å². The number of unbranched alkanes of at least 4 members (excludes halogenated alkanes) is 1. The van der Waals surface area contributed by atoms with Crippen LogP contribution in [0.25, 0.3) is 0 Å². The van der Waals surface area contributed by atoms with Crippen LogP contribution in [0, 0.1) is 0 Å². The molecule has 1 aromatic rings. The van der Waals surface area contributed by atoms with Gasteiger partial charge in [0, 0.05) is 5.25 Å². The highest BCUT2D eigenvalue weighted by atomic mass is 32.1. The van der Waals surface area contributed by atoms with E-state index in [1.165, 1.54) is 24.8 Å². The lowest BCUT2D eigenvalue weighted by Crippen LogP contribution is -2.07. The minimum atomic E-state index is 0.282. The average molecular weight is 224 g/mol. The number of benzene rings is 1. The molecule has 0 saturated carbocycles. The summed E-state index contributed by atoms with van der Waals surface area (Å²) in [6.07, 6.45) is 3.67. The quantitative estimate of drug-likeness (QED) is 0.724. The average Bonchev–Trinajstić information content (AvgIpc) is 2.25. The first-order valence-electron chi connectivity index (χ1n) is 5.62. The Labute approximate surface area is 98.3 Å². The number of ether oxygens (including phenoxy) is 1. The summed E-state index contributed by atoms with van der Waals surface area (Å²) in [4.78, 5) is 0. The van der Waals surface area contributed by atoms with Gasteiger partial charge in [0.25, 0.3) is 0 Å². The molecule has 0 aliphatic heterocycles. The highest BCUT2D eigenvalue weighted by Crippen LogP contribution is 2.14. The fraction of sp³-hybridized carbons (Fsp3) is 0.538. The van der Waals surface area contributed by atoms with E-state index in [1.807, 2.05) is 19.1 Å². The molecule has 0 heterocycles. The molecule has 0 spiro atoms. The van der Waals surface area contributed by atoms with Crippen LogP contribution >= 0.6 is 12.6 Å². The van der Waals surface area contributed by atoms with Crippen LogP contribution in [0.5, 0.6) is 5.75 Å². The predicted octanol–water partition coefficient (Wildman–Crippen LogP) is 3.73. The monoisotopic (exact) mass is 224 g/mol. The van der Waals surface area contributed by atoms with Gasteiger partial charge in [-0.15, -0.1) is 0 Å². The lowest BCUT2D eigenvalue weighted by molar-refractivity contribution is 0.323. The Morgan fingerprint density at radius 2 is 1.93 bits per heavy atom. The van der Waals surface area contributed by atoms with Crippen LogP contribution in [0.1, 0.15) is 32.3 Å². The van der Waals surface area contributed by atoms with Gasteiger partial charge in [-0.2, -0.15) is 12.6 Å². The Bertz CT molecular complexity index is 266. The van der Waals surface area contributed by atoms with Crippen LogP contribution in [0.2, 0.25) is 0 Å². The van der Waals surface area contributed by atoms with Gasteiger partial charge >= 0.3 is 0 Å². The van der Waals surface area contributed by atoms with Crippen LogP contribution in [0.15, 0.2) is 24.3 Å². The van der Waals surface area contributed by atoms with Gasteiger partial charge in [0.1, 0.15) is 5.75 Å². The Morgan fingerprint density at radius 1 is 1.27 bits per heavy atom. The molecule has 15 heavy (non-hydrogen) atoms. The molecule has 0 bridgehead atoms. The summed E-state index contributed by atoms with van der Waals surface area (Å²) in [7, 11) is 0. The van der Waals surface area contributed by atoms with Crippen LogP contribution in [0.3, 0.4) is 0 Å². The Hall–Kier alpha value is -0.630. The van der Waals surface area contributed by atoms with E-state index in [9.17, 15) is 0 Å². The zero-order chi connectivity index (χ0) is 11.1. The predicted molar refractivity (Wildman–Crippen MR) is 69.0 cm³/mol. The fourth-order valence-corrected chi connectivity index (χ4v) is 1.42. The third kappa shape index (κ3) is 5.12. The molecule has 1 nitrogen and oxygen atoms in total. The normalized spacial score (nSPS) is 12.5. The maximum Gasteiger partial charge on any atom is 0.119 e. The second-order valence-electron chi connectivity index (χ2n) is 3.91. The molecule has 0 aromatic heterocycles. The molecule has 1 aromatic carbocycles. The van der Waals surface area contributed by atoms with E-state index >= 15 is 0 Å². The SMILES string of the molecule is CCCCc1ccc(OCC(C)S)cc1. The largest absolute Gasteiger partial charge is 0.492 e. The standard InChI is InChI=1S/C13H20OS/c1-3-4-5-12-6-8-13(9-7-12)14-10-11(2)15/h6-9,11,15H,3-5,10H2,1-2H3. The van der Waals surface area contributed by atoms with Gasteiger partial charge in [0.2, 0.25) is 0 Å². The number of aryl methyl sites for hydroxylation is 1. The molecular weight excluding hydrogens is 204 g/mol. The molecule has 0 aliphatic rings. The topological polar surface area (TPSA) is 9.23 Å². The van der Waals surface area contributed by atoms with E-state index < -0.39 is 0 Å². The first-order chi connectivity index (χ1) is 7.22. The highest BCUT2D eigenvalue weighted by Gasteiger charge is 1.98. The first kappa shape index (κ1) is 12.4. The van der Waals surface area contributed by atoms with E-state index in [2.05, 4.69) is 31.7 Å². The number of hydrogen-bond donors (Lipinski definition) is 1. The van der Waals surface area contributed by atoms with Crippen molar-refractivity contribution in [3.05, 3.63) is 29.8 Å². The van der Waals surface area contributed by atoms with Crippen molar-refractivity contribution in [1.29, 1.82) is 0 Å². The maximum atomic E-state index is 5.55. The zero-order valence-corrected chi connectivity index (χ0v) is 10.5. The van der Waals surface area contributed by atoms with Gasteiger partial charge in [0.05, 0.1) is 6.61 Å². The molecule has 0 aliphatic carbocycles. The van der Waals surface area contributed by atoms with Crippen LogP contribution < -0.4 is 4.74 Å². The smallest absolute Gasteiger partial charge is 0.119 e. The third-order valence-electron chi connectivity index (χ3n) is 2.23. The fourth-order valence-electron chi connectivity index (χ4n) is 1.35. The highest BCUT2D eigenvalue weighted by molar-refractivity contribution is 7.80. The van der Waals surface area contributed by atoms with Crippen molar-refractivity contribution in [2.45, 2.75) is 38.4 Å². The molecule has 0 saturated heterocycles. The van der Waals surface area contributed by atoms with E-state index in [4.69, 9.17) is 4.74 Å². The third-order valence-corrected chi connectivity index (χ3v) is 2.38. The molecule has 0 fully saturated rings. The van der Waals surface area contributed by atoms with Crippen LogP contribution in [-0.2, 0) is 6.42 Å². The molecule has 1 rings (SSSR count). The Kier molecular flexibility index (Phi) is 5.62. The minimum absolute atomic E-state index is 0.282. The van der Waals surface area contributed by atoms with E-state index in [0.29, 0.717) is 6.61 Å². The number of hydrogen-bond acceptors (Lipinski definition) is 2. The van der Waals surface area contributed by atoms with Crippen molar-refractivity contribution in [2.24, 2.45) is 0 Å². The molecule has 0 N–H and O–H groups in total. The van der Waals surface area contributed by atoms with Gasteiger partial charge in [-0.1, -0.05) is 32.4 Å². The van der Waals surface area contributed by atoms with E-state index in [1.54, 1.807) is 0 Å². The van der Waals surface area contributed by atoms with Crippen LogP contribution in [0.4, 0.5) is 0 Å². The molecule has 0 amide bonds. The van der Waals surface area contributed by atoms with Crippen molar-refractivity contribution in [3.63, 3.8) is 0 Å². The molecular formula is C13H20OS. The summed E-state index contributed by atoms with van der Waals surface area (Å²) in [5.41, 5.74) is 1.39. The first-order valence-corrected chi connectivity index (χ1v) is 6.14. The van der Waals surface area contributed by atoms with Crippen molar-refractivity contribution in [1.82, 2.24) is 0 Å². The minimum Gasteiger partial charge on any atom is -0.492 e. The zero-order valence-electron chi connectivity index (χ0n) is 9.57. The van der Waals surface area contributed by atoms with Crippen LogP contribution in [-0.4, -0.2) is 11.9 Å². The summed E-state index contributed by atoms with van der Waals surface area (Å²) >= 11 is 4.27. The number of rotatable bonds is 6. The Balaban J connectivity index is 2.41. The molecule has 1 unspecified atom stereocenters. The summed E-state index contributed by atoms with van der Waals surface area (Å²) in [6.45, 7) is 4.90. The van der Waals surface area contributed by atoms with E-state index in [-0.39, 0.29) is 5.25 Å². The molecule has 84 valence electrons. The number of thiol groups is 1. The molecule has 2 heteroatoms. The lowest BCUT2D eigenvalue weighted by atomic mass is 10.1. The maximum absolute atomic E-state index is 5.55. The molecule has 1 atom stereocenters. The lowest BCUT2D eigenvalue weighted by Gasteiger charge is -2.08.